The largest absolute Gasteiger partial charge is 0.333 e. The Balaban J connectivity index is 1.71. The molecule has 2 aromatic rings. The van der Waals surface area contributed by atoms with Gasteiger partial charge in [0.15, 0.2) is 0 Å². The summed E-state index contributed by atoms with van der Waals surface area (Å²) in [6, 6.07) is 8.11. The van der Waals surface area contributed by atoms with Gasteiger partial charge in [0.1, 0.15) is 0 Å². The summed E-state index contributed by atoms with van der Waals surface area (Å²) in [4.78, 5) is 17.8. The van der Waals surface area contributed by atoms with Crippen LogP contribution in [0.3, 0.4) is 0 Å². The lowest BCUT2D eigenvalue weighted by molar-refractivity contribution is -0.117. The van der Waals surface area contributed by atoms with Crippen molar-refractivity contribution < 1.29 is 4.79 Å². The molecule has 2 heterocycles. The zero-order chi connectivity index (χ0) is 13.9. The van der Waals surface area contributed by atoms with Gasteiger partial charge >= 0.3 is 0 Å². The zero-order valence-corrected chi connectivity index (χ0v) is 11.8. The molecule has 1 aliphatic rings. The first-order valence-electron chi connectivity index (χ1n) is 6.67. The van der Waals surface area contributed by atoms with Crippen LogP contribution in [0.1, 0.15) is 12.0 Å². The van der Waals surface area contributed by atoms with Gasteiger partial charge in [-0.1, -0.05) is 12.1 Å². The predicted molar refractivity (Wildman–Crippen MR) is 79.0 cm³/mol. The van der Waals surface area contributed by atoms with Crippen LogP contribution in [0.2, 0.25) is 0 Å². The van der Waals surface area contributed by atoms with Crippen LogP contribution in [-0.4, -0.2) is 27.9 Å². The van der Waals surface area contributed by atoms with E-state index < -0.39 is 0 Å². The highest BCUT2D eigenvalue weighted by Gasteiger charge is 2.29. The maximum Gasteiger partial charge on any atom is 0.227 e. The second-order valence-electron chi connectivity index (χ2n) is 5.13. The van der Waals surface area contributed by atoms with Crippen molar-refractivity contribution in [2.45, 2.75) is 13.0 Å². The summed E-state index contributed by atoms with van der Waals surface area (Å²) in [5.41, 5.74) is 2.14. The molecule has 0 bridgehead atoms. The molecule has 0 radical (unpaired) electrons. The van der Waals surface area contributed by atoms with Crippen LogP contribution in [0.15, 0.2) is 43.0 Å². The van der Waals surface area contributed by atoms with E-state index in [1.807, 2.05) is 27.8 Å². The van der Waals surface area contributed by atoms with E-state index in [1.165, 1.54) is 5.56 Å². The molecule has 5 heteroatoms. The molecule has 1 aromatic heterocycles. The summed E-state index contributed by atoms with van der Waals surface area (Å²) in [5.74, 6) is 0.980. The van der Waals surface area contributed by atoms with Crippen molar-refractivity contribution in [1.29, 1.82) is 0 Å². The number of amides is 1. The molecule has 1 saturated heterocycles. The van der Waals surface area contributed by atoms with Crippen molar-refractivity contribution in [2.75, 3.05) is 17.3 Å². The van der Waals surface area contributed by atoms with Crippen LogP contribution in [-0.2, 0) is 11.3 Å². The normalized spacial score (nSPS) is 18.8. The highest BCUT2D eigenvalue weighted by Crippen LogP contribution is 2.26. The number of rotatable bonds is 4. The zero-order valence-electron chi connectivity index (χ0n) is 11.1. The van der Waals surface area contributed by atoms with Crippen molar-refractivity contribution >= 4 is 23.2 Å². The van der Waals surface area contributed by atoms with Gasteiger partial charge in [-0.3, -0.25) is 4.79 Å². The second kappa shape index (κ2) is 5.67. The smallest absolute Gasteiger partial charge is 0.227 e. The average molecular weight is 290 g/mol. The lowest BCUT2D eigenvalue weighted by atomic mass is 10.1. The van der Waals surface area contributed by atoms with Gasteiger partial charge in [0.2, 0.25) is 5.91 Å². The maximum atomic E-state index is 11.9. The Hall–Kier alpha value is -1.81. The van der Waals surface area contributed by atoms with Gasteiger partial charge < -0.3 is 9.47 Å². The molecule has 1 atom stereocenters. The lowest BCUT2D eigenvalue weighted by Gasteiger charge is -2.17. The van der Waals surface area contributed by atoms with Crippen LogP contribution in [0.25, 0.3) is 0 Å². The molecule has 1 fully saturated rings. The highest BCUT2D eigenvalue weighted by molar-refractivity contribution is 6.18. The van der Waals surface area contributed by atoms with Crippen LogP contribution >= 0.6 is 11.6 Å². The molecule has 0 N–H and O–H groups in total. The van der Waals surface area contributed by atoms with Crippen molar-refractivity contribution in [1.82, 2.24) is 9.55 Å². The quantitative estimate of drug-likeness (QED) is 0.811. The topological polar surface area (TPSA) is 38.1 Å². The fourth-order valence-corrected chi connectivity index (χ4v) is 2.71. The van der Waals surface area contributed by atoms with Crippen molar-refractivity contribution in [2.24, 2.45) is 5.92 Å². The number of carbonyl (C=O) groups excluding carboxylic acids is 1. The summed E-state index contributed by atoms with van der Waals surface area (Å²) in [6.07, 6.45) is 6.05. The lowest BCUT2D eigenvalue weighted by Crippen LogP contribution is -2.24. The first kappa shape index (κ1) is 13.2. The minimum atomic E-state index is 0.165. The second-order valence-corrected chi connectivity index (χ2v) is 5.44. The first-order chi connectivity index (χ1) is 9.76. The monoisotopic (exact) mass is 289 g/mol. The standard InChI is InChI=1S/C15H16ClN3O/c16-8-13-7-15(20)19(10-13)14-3-1-12(2-4-14)9-18-6-5-17-11-18/h1-6,11,13H,7-10H2. The molecule has 0 spiro atoms. The maximum absolute atomic E-state index is 11.9. The molecule has 3 rings (SSSR count). The number of carbonyl (C=O) groups is 1. The Labute approximate surface area is 123 Å². The van der Waals surface area contributed by atoms with E-state index in [0.29, 0.717) is 12.3 Å². The number of anilines is 1. The summed E-state index contributed by atoms with van der Waals surface area (Å²) in [7, 11) is 0. The fraction of sp³-hybridized carbons (Fsp3) is 0.333. The molecular weight excluding hydrogens is 274 g/mol. The number of halogens is 1. The van der Waals surface area contributed by atoms with Crippen molar-refractivity contribution in [3.8, 4) is 0 Å². The number of alkyl halides is 1. The van der Waals surface area contributed by atoms with Gasteiger partial charge in [0, 0.05) is 43.5 Å². The van der Waals surface area contributed by atoms with E-state index in [4.69, 9.17) is 11.6 Å². The van der Waals surface area contributed by atoms with Gasteiger partial charge in [0.25, 0.3) is 0 Å². The molecule has 4 nitrogen and oxygen atoms in total. The van der Waals surface area contributed by atoms with Crippen LogP contribution in [0.5, 0.6) is 0 Å². The number of nitrogens with zero attached hydrogens (tertiary/aromatic N) is 3. The van der Waals surface area contributed by atoms with Crippen molar-refractivity contribution in [3.63, 3.8) is 0 Å². The number of aromatic nitrogens is 2. The van der Waals surface area contributed by atoms with Crippen LogP contribution in [0, 0.1) is 5.92 Å². The van der Waals surface area contributed by atoms with E-state index in [1.54, 1.807) is 12.5 Å². The Morgan fingerprint density at radius 3 is 2.70 bits per heavy atom. The van der Waals surface area contributed by atoms with E-state index >= 15 is 0 Å². The predicted octanol–water partition coefficient (Wildman–Crippen LogP) is 2.52. The van der Waals surface area contributed by atoms with Crippen LogP contribution < -0.4 is 4.90 Å². The van der Waals surface area contributed by atoms with Gasteiger partial charge in [-0.25, -0.2) is 4.98 Å². The molecule has 0 aliphatic carbocycles. The fourth-order valence-electron chi connectivity index (χ4n) is 2.51. The Morgan fingerprint density at radius 1 is 1.30 bits per heavy atom. The van der Waals surface area contributed by atoms with Gasteiger partial charge in [-0.15, -0.1) is 11.6 Å². The third kappa shape index (κ3) is 2.70. The van der Waals surface area contributed by atoms with E-state index in [9.17, 15) is 4.79 Å². The summed E-state index contributed by atoms with van der Waals surface area (Å²) in [5, 5.41) is 0. The van der Waals surface area contributed by atoms with Crippen LogP contribution in [0.4, 0.5) is 5.69 Å². The number of benzene rings is 1. The van der Waals surface area contributed by atoms with E-state index in [2.05, 4.69) is 17.1 Å². The van der Waals surface area contributed by atoms with Gasteiger partial charge in [-0.2, -0.15) is 0 Å². The molecule has 20 heavy (non-hydrogen) atoms. The number of hydrogen-bond donors (Lipinski definition) is 0. The number of imidazole rings is 1. The Kier molecular flexibility index (Phi) is 3.74. The summed E-state index contributed by atoms with van der Waals surface area (Å²) >= 11 is 5.84. The third-order valence-electron chi connectivity index (χ3n) is 3.60. The SMILES string of the molecule is O=C1CC(CCl)CN1c1ccc(Cn2ccnc2)cc1. The first-order valence-corrected chi connectivity index (χ1v) is 7.20. The average Bonchev–Trinajstić information content (AvgIpc) is 3.09. The Bertz CT molecular complexity index is 580. The minimum absolute atomic E-state index is 0.165. The minimum Gasteiger partial charge on any atom is -0.333 e. The third-order valence-corrected chi connectivity index (χ3v) is 4.03. The molecular formula is C15H16ClN3O. The molecule has 1 unspecified atom stereocenters. The molecule has 0 saturated carbocycles. The van der Waals surface area contributed by atoms with E-state index in [-0.39, 0.29) is 11.8 Å². The van der Waals surface area contributed by atoms with Gasteiger partial charge in [-0.05, 0) is 23.6 Å². The number of hydrogen-bond acceptors (Lipinski definition) is 2. The van der Waals surface area contributed by atoms with E-state index in [0.717, 1.165) is 18.8 Å². The summed E-state index contributed by atoms with van der Waals surface area (Å²) in [6.45, 7) is 1.52. The molecule has 104 valence electrons. The summed E-state index contributed by atoms with van der Waals surface area (Å²) < 4.78 is 2.01. The van der Waals surface area contributed by atoms with Crippen molar-refractivity contribution in [3.05, 3.63) is 48.5 Å². The van der Waals surface area contributed by atoms with Gasteiger partial charge in [0.05, 0.1) is 6.33 Å². The Morgan fingerprint density at radius 2 is 2.10 bits per heavy atom. The highest BCUT2D eigenvalue weighted by atomic mass is 35.5. The molecule has 1 aromatic carbocycles. The molecule has 1 aliphatic heterocycles. The molecule has 1 amide bonds.